The highest BCUT2D eigenvalue weighted by atomic mass is 32.1. The number of aliphatic hydroxyl groups excluding tert-OH is 1. The molecule has 9 nitrogen and oxygen atoms in total. The maximum absolute atomic E-state index is 14.4. The highest BCUT2D eigenvalue weighted by Gasteiger charge is 2.33. The zero-order chi connectivity index (χ0) is 33.5. The number of hydrogen-bond acceptors (Lipinski definition) is 8. The number of carbonyl (C=O) groups is 2. The monoisotopic (exact) mass is 654 g/mol. The van der Waals surface area contributed by atoms with Crippen LogP contribution in [0.25, 0.3) is 0 Å². The molecule has 10 heteroatoms. The first-order chi connectivity index (χ1) is 22.6. The van der Waals surface area contributed by atoms with E-state index in [1.54, 1.807) is 11.9 Å². The van der Waals surface area contributed by atoms with Crippen LogP contribution in [0.2, 0.25) is 0 Å². The molecule has 2 aromatic heterocycles. The number of carbonyl (C=O) groups excluding carboxylic acids is 2. The molecule has 47 heavy (non-hydrogen) atoms. The lowest BCUT2D eigenvalue weighted by Gasteiger charge is -2.30. The van der Waals surface area contributed by atoms with Gasteiger partial charge in [0.05, 0.1) is 12.6 Å². The van der Waals surface area contributed by atoms with Gasteiger partial charge in [0, 0.05) is 79.4 Å². The predicted octanol–water partition coefficient (Wildman–Crippen LogP) is 5.42. The molecule has 0 radical (unpaired) electrons. The lowest BCUT2D eigenvalue weighted by Crippen LogP contribution is -2.36. The summed E-state index contributed by atoms with van der Waals surface area (Å²) in [6.45, 7) is 8.95. The second-order valence-corrected chi connectivity index (χ2v) is 13.8. The number of anilines is 1. The van der Waals surface area contributed by atoms with E-state index >= 15 is 0 Å². The molecule has 2 atom stereocenters. The molecule has 5 rings (SSSR count). The smallest absolute Gasteiger partial charge is 0.254 e. The lowest BCUT2D eigenvalue weighted by atomic mass is 9.81. The van der Waals surface area contributed by atoms with E-state index in [4.69, 9.17) is 5.73 Å². The molecular formula is C37H46N6O3S. The summed E-state index contributed by atoms with van der Waals surface area (Å²) in [5.74, 6) is -1.11. The zero-order valence-corrected chi connectivity index (χ0v) is 28.6. The van der Waals surface area contributed by atoms with Crippen LogP contribution in [-0.4, -0.2) is 64.6 Å². The van der Waals surface area contributed by atoms with E-state index < -0.39 is 17.9 Å². The molecule has 1 aliphatic heterocycles. The average molecular weight is 655 g/mol. The van der Waals surface area contributed by atoms with Crippen LogP contribution in [-0.2, 0) is 19.5 Å². The number of rotatable bonds is 14. The number of aryl methyl sites for hydroxylation is 1. The van der Waals surface area contributed by atoms with E-state index in [0.29, 0.717) is 36.6 Å². The second kappa shape index (κ2) is 15.6. The van der Waals surface area contributed by atoms with Crippen LogP contribution in [0.15, 0.2) is 66.3 Å². The van der Waals surface area contributed by atoms with Crippen LogP contribution in [0.3, 0.4) is 0 Å². The topological polar surface area (TPSA) is 125 Å². The Morgan fingerprint density at radius 2 is 1.79 bits per heavy atom. The first-order valence-electron chi connectivity index (χ1n) is 16.4. The largest absolute Gasteiger partial charge is 0.391 e. The minimum atomic E-state index is -0.939. The summed E-state index contributed by atoms with van der Waals surface area (Å²) in [5, 5.41) is 18.1. The van der Waals surface area contributed by atoms with Crippen molar-refractivity contribution in [1.82, 2.24) is 20.2 Å². The fraction of sp³-hybridized carbons (Fsp3) is 0.405. The summed E-state index contributed by atoms with van der Waals surface area (Å²) in [4.78, 5) is 40.4. The third-order valence-corrected chi connectivity index (χ3v) is 9.77. The number of aromatic nitrogens is 2. The highest BCUT2D eigenvalue weighted by molar-refractivity contribution is 7.09. The Kier molecular flexibility index (Phi) is 11.4. The summed E-state index contributed by atoms with van der Waals surface area (Å²) < 4.78 is 0. The zero-order valence-electron chi connectivity index (χ0n) is 27.8. The predicted molar refractivity (Wildman–Crippen MR) is 188 cm³/mol. The van der Waals surface area contributed by atoms with Gasteiger partial charge in [-0.3, -0.25) is 14.6 Å². The van der Waals surface area contributed by atoms with Crippen molar-refractivity contribution in [3.05, 3.63) is 110 Å². The van der Waals surface area contributed by atoms with Gasteiger partial charge in [0.15, 0.2) is 0 Å². The molecule has 0 bridgehead atoms. The Labute approximate surface area is 281 Å². The van der Waals surface area contributed by atoms with Crippen LogP contribution < -0.4 is 16.0 Å². The molecule has 2 amide bonds. The van der Waals surface area contributed by atoms with Gasteiger partial charge in [-0.25, -0.2) is 4.98 Å². The van der Waals surface area contributed by atoms with Crippen molar-refractivity contribution < 1.29 is 14.7 Å². The highest BCUT2D eigenvalue weighted by Crippen LogP contribution is 2.36. The molecule has 0 aliphatic carbocycles. The summed E-state index contributed by atoms with van der Waals surface area (Å²) in [6.07, 6.45) is 5.25. The van der Waals surface area contributed by atoms with Gasteiger partial charge in [0.25, 0.3) is 5.91 Å². The summed E-state index contributed by atoms with van der Waals surface area (Å²) in [5.41, 5.74) is 12.1. The molecule has 1 saturated heterocycles. The van der Waals surface area contributed by atoms with Gasteiger partial charge in [0.1, 0.15) is 5.01 Å². The first-order valence-corrected chi connectivity index (χ1v) is 17.2. The van der Waals surface area contributed by atoms with Gasteiger partial charge in [-0.1, -0.05) is 50.2 Å². The van der Waals surface area contributed by atoms with E-state index in [2.05, 4.69) is 40.1 Å². The van der Waals surface area contributed by atoms with Crippen molar-refractivity contribution in [2.45, 2.75) is 71.1 Å². The van der Waals surface area contributed by atoms with Gasteiger partial charge in [0.2, 0.25) is 5.91 Å². The van der Waals surface area contributed by atoms with Gasteiger partial charge in [-0.2, -0.15) is 0 Å². The first kappa shape index (κ1) is 34.2. The number of benzene rings is 2. The number of thiazole rings is 1. The van der Waals surface area contributed by atoms with Crippen LogP contribution in [0.4, 0.5) is 5.69 Å². The SMILES string of the molecule is Cc1csc(CN(C)C(=O)c2cc(N3CCCC3)cc(C(N)=O)c2[C@H](Cc2ccccc2)[C@@H](O)CNCc2cncc(C(C)C)c2)n1. The summed E-state index contributed by atoms with van der Waals surface area (Å²) in [6, 6.07) is 15.7. The van der Waals surface area contributed by atoms with Crippen molar-refractivity contribution in [1.29, 1.82) is 0 Å². The minimum absolute atomic E-state index is 0.233. The molecule has 1 fully saturated rings. The maximum atomic E-state index is 14.4. The number of primary amides is 1. The number of amides is 2. The number of nitrogens with two attached hydrogens (primary N) is 1. The number of hydrogen-bond donors (Lipinski definition) is 3. The molecular weight excluding hydrogens is 609 g/mol. The Balaban J connectivity index is 1.54. The Hall–Kier alpha value is -4.12. The lowest BCUT2D eigenvalue weighted by molar-refractivity contribution is 0.0780. The van der Waals surface area contributed by atoms with Crippen molar-refractivity contribution >= 4 is 28.8 Å². The Morgan fingerprint density at radius 3 is 2.45 bits per heavy atom. The van der Waals surface area contributed by atoms with Crippen LogP contribution in [0.5, 0.6) is 0 Å². The van der Waals surface area contributed by atoms with Gasteiger partial charge in [-0.05, 0) is 66.5 Å². The maximum Gasteiger partial charge on any atom is 0.254 e. The van der Waals surface area contributed by atoms with E-state index in [-0.39, 0.29) is 18.0 Å². The molecule has 248 valence electrons. The Morgan fingerprint density at radius 1 is 1.06 bits per heavy atom. The van der Waals surface area contributed by atoms with Crippen molar-refractivity contribution in [2.75, 3.05) is 31.6 Å². The van der Waals surface area contributed by atoms with Crippen LogP contribution in [0.1, 0.15) is 92.2 Å². The number of nitrogens with zero attached hydrogens (tertiary/aromatic N) is 4. The van der Waals surface area contributed by atoms with E-state index in [0.717, 1.165) is 59.0 Å². The number of pyridine rings is 1. The third-order valence-electron chi connectivity index (χ3n) is 8.82. The van der Waals surface area contributed by atoms with Gasteiger partial charge < -0.3 is 26.0 Å². The standard InChI is InChI=1S/C37H46N6O3S/c1-24(2)28-14-27(18-39-20-28)19-40-21-33(44)30(15-26-10-6-5-7-11-26)35-31(36(38)45)16-29(43-12-8-9-13-43)17-32(35)37(46)42(4)22-34-41-25(3)23-47-34/h5-7,10-11,14,16-18,20,23-24,30,33,40,44H,8-9,12-13,15,19,21-22H2,1-4H3,(H2,38,45)/t30-,33+/m1/s1. The molecule has 0 unspecified atom stereocenters. The average Bonchev–Trinajstić information content (AvgIpc) is 3.75. The molecule has 4 aromatic rings. The molecule has 0 spiro atoms. The van der Waals surface area contributed by atoms with Crippen molar-refractivity contribution in [3.63, 3.8) is 0 Å². The second-order valence-electron chi connectivity index (χ2n) is 12.8. The van der Waals surface area contributed by atoms with Gasteiger partial charge >= 0.3 is 0 Å². The molecule has 0 saturated carbocycles. The van der Waals surface area contributed by atoms with Crippen LogP contribution in [0, 0.1) is 6.92 Å². The summed E-state index contributed by atoms with van der Waals surface area (Å²) in [7, 11) is 1.75. The molecule has 2 aromatic carbocycles. The van der Waals surface area contributed by atoms with E-state index in [1.165, 1.54) is 11.3 Å². The summed E-state index contributed by atoms with van der Waals surface area (Å²) >= 11 is 1.51. The van der Waals surface area contributed by atoms with Crippen molar-refractivity contribution in [2.24, 2.45) is 5.73 Å². The molecule has 3 heterocycles. The number of nitrogens with one attached hydrogen (secondary N) is 1. The normalized spacial score (nSPS) is 14.4. The minimum Gasteiger partial charge on any atom is -0.391 e. The third kappa shape index (κ3) is 8.62. The molecule has 4 N–H and O–H groups in total. The fourth-order valence-electron chi connectivity index (χ4n) is 6.26. The fourth-order valence-corrected chi connectivity index (χ4v) is 7.08. The van der Waals surface area contributed by atoms with Gasteiger partial charge in [-0.15, -0.1) is 11.3 Å². The quantitative estimate of drug-likeness (QED) is 0.166. The molecule has 1 aliphatic rings. The van der Waals surface area contributed by atoms with E-state index in [9.17, 15) is 14.7 Å². The van der Waals surface area contributed by atoms with E-state index in [1.807, 2.05) is 67.2 Å². The van der Waals surface area contributed by atoms with Crippen molar-refractivity contribution in [3.8, 4) is 0 Å². The number of aliphatic hydroxyl groups is 1. The van der Waals surface area contributed by atoms with Crippen LogP contribution >= 0.6 is 11.3 Å². The Bertz CT molecular complexity index is 1670.